The molecule has 0 fully saturated rings. The molecule has 0 spiro atoms. The molecule has 0 aliphatic rings. The third-order valence-electron chi connectivity index (χ3n) is 1.36. The zero-order chi connectivity index (χ0) is 8.81. The topological polar surface area (TPSA) is 41.8 Å². The standard InChI is InChI=1S/C9H11NO2/c1-8(10-11)7-12-9-5-3-2-4-6-9/h2-6,11H,7H2,1H3/b10-8+. The van der Waals surface area contributed by atoms with Gasteiger partial charge in [-0.15, -0.1) is 0 Å². The molecule has 0 radical (unpaired) electrons. The maximum atomic E-state index is 8.32. The molecule has 12 heavy (non-hydrogen) atoms. The number of benzene rings is 1. The van der Waals surface area contributed by atoms with E-state index in [4.69, 9.17) is 9.94 Å². The van der Waals surface area contributed by atoms with E-state index in [1.807, 2.05) is 30.3 Å². The highest BCUT2D eigenvalue weighted by molar-refractivity contribution is 5.82. The van der Waals surface area contributed by atoms with Gasteiger partial charge in [0.1, 0.15) is 12.4 Å². The first-order chi connectivity index (χ1) is 5.83. The minimum atomic E-state index is 0.320. The molecule has 0 aromatic heterocycles. The van der Waals surface area contributed by atoms with Crippen molar-refractivity contribution in [2.45, 2.75) is 6.92 Å². The van der Waals surface area contributed by atoms with Crippen LogP contribution in [0.5, 0.6) is 5.75 Å². The third kappa shape index (κ3) is 2.62. The Labute approximate surface area is 71.3 Å². The number of oxime groups is 1. The third-order valence-corrected chi connectivity index (χ3v) is 1.36. The summed E-state index contributed by atoms with van der Waals surface area (Å²) in [5.74, 6) is 0.778. The van der Waals surface area contributed by atoms with Crippen molar-refractivity contribution in [1.29, 1.82) is 0 Å². The zero-order valence-corrected chi connectivity index (χ0v) is 6.90. The van der Waals surface area contributed by atoms with Crippen LogP contribution >= 0.6 is 0 Å². The number of hydrogen-bond donors (Lipinski definition) is 1. The summed E-state index contributed by atoms with van der Waals surface area (Å²) in [5.41, 5.74) is 0.554. The molecule has 1 N–H and O–H groups in total. The van der Waals surface area contributed by atoms with E-state index < -0.39 is 0 Å². The second-order valence-electron chi connectivity index (χ2n) is 2.44. The molecule has 0 bridgehead atoms. The first-order valence-electron chi connectivity index (χ1n) is 3.68. The summed E-state index contributed by atoms with van der Waals surface area (Å²) in [5, 5.41) is 11.3. The quantitative estimate of drug-likeness (QED) is 0.422. The minimum Gasteiger partial charge on any atom is -0.488 e. The van der Waals surface area contributed by atoms with Crippen molar-refractivity contribution in [3.8, 4) is 5.75 Å². The summed E-state index contributed by atoms with van der Waals surface area (Å²) >= 11 is 0. The lowest BCUT2D eigenvalue weighted by Gasteiger charge is -2.03. The molecule has 0 heterocycles. The summed E-state index contributed by atoms with van der Waals surface area (Å²) < 4.78 is 5.27. The molecule has 1 rings (SSSR count). The molecular formula is C9H11NO2. The van der Waals surface area contributed by atoms with Gasteiger partial charge in [-0.05, 0) is 19.1 Å². The monoisotopic (exact) mass is 165 g/mol. The van der Waals surface area contributed by atoms with Gasteiger partial charge >= 0.3 is 0 Å². The fourth-order valence-electron chi connectivity index (χ4n) is 0.733. The molecule has 0 saturated heterocycles. The lowest BCUT2D eigenvalue weighted by Crippen LogP contribution is -2.06. The number of para-hydroxylation sites is 1. The van der Waals surface area contributed by atoms with Crippen LogP contribution in [0.4, 0.5) is 0 Å². The molecule has 0 atom stereocenters. The first-order valence-corrected chi connectivity index (χ1v) is 3.68. The molecule has 3 heteroatoms. The van der Waals surface area contributed by atoms with Crippen molar-refractivity contribution in [2.24, 2.45) is 5.16 Å². The smallest absolute Gasteiger partial charge is 0.129 e. The molecule has 0 amide bonds. The highest BCUT2D eigenvalue weighted by atomic mass is 16.5. The van der Waals surface area contributed by atoms with Crippen LogP contribution in [0.1, 0.15) is 6.92 Å². The van der Waals surface area contributed by atoms with E-state index in [-0.39, 0.29) is 0 Å². The van der Waals surface area contributed by atoms with Crippen LogP contribution in [0.15, 0.2) is 35.5 Å². The van der Waals surface area contributed by atoms with E-state index in [0.29, 0.717) is 12.3 Å². The number of ether oxygens (including phenoxy) is 1. The molecule has 3 nitrogen and oxygen atoms in total. The van der Waals surface area contributed by atoms with Gasteiger partial charge in [0, 0.05) is 0 Å². The second-order valence-corrected chi connectivity index (χ2v) is 2.44. The van der Waals surface area contributed by atoms with E-state index in [9.17, 15) is 0 Å². The van der Waals surface area contributed by atoms with Crippen molar-refractivity contribution in [1.82, 2.24) is 0 Å². The van der Waals surface area contributed by atoms with E-state index in [1.54, 1.807) is 6.92 Å². The van der Waals surface area contributed by atoms with Gasteiger partial charge < -0.3 is 9.94 Å². The van der Waals surface area contributed by atoms with Crippen molar-refractivity contribution >= 4 is 5.71 Å². The molecule has 0 unspecified atom stereocenters. The lowest BCUT2D eigenvalue weighted by molar-refractivity contribution is 0.307. The highest BCUT2D eigenvalue weighted by Crippen LogP contribution is 2.07. The fraction of sp³-hybridized carbons (Fsp3) is 0.222. The van der Waals surface area contributed by atoms with Crippen LogP contribution in [0.25, 0.3) is 0 Å². The summed E-state index contributed by atoms with van der Waals surface area (Å²) in [6, 6.07) is 9.40. The van der Waals surface area contributed by atoms with Gasteiger partial charge in [0.2, 0.25) is 0 Å². The van der Waals surface area contributed by atoms with Gasteiger partial charge in [0.25, 0.3) is 0 Å². The van der Waals surface area contributed by atoms with Crippen molar-refractivity contribution in [3.05, 3.63) is 30.3 Å². The Balaban J connectivity index is 2.44. The Morgan fingerprint density at radius 2 is 2.08 bits per heavy atom. The van der Waals surface area contributed by atoms with Crippen LogP contribution in [-0.2, 0) is 0 Å². The fourth-order valence-corrected chi connectivity index (χ4v) is 0.733. The van der Waals surface area contributed by atoms with E-state index >= 15 is 0 Å². The van der Waals surface area contributed by atoms with Crippen LogP contribution in [-0.4, -0.2) is 17.5 Å². The number of rotatable bonds is 3. The predicted octanol–water partition coefficient (Wildman–Crippen LogP) is 1.92. The number of nitrogens with zero attached hydrogens (tertiary/aromatic N) is 1. The van der Waals surface area contributed by atoms with Gasteiger partial charge in [-0.2, -0.15) is 0 Å². The molecule has 64 valence electrons. The normalized spacial score (nSPS) is 11.2. The Bertz CT molecular complexity index is 256. The lowest BCUT2D eigenvalue weighted by atomic mass is 10.3. The first kappa shape index (κ1) is 8.59. The van der Waals surface area contributed by atoms with Gasteiger partial charge in [0.15, 0.2) is 0 Å². The average Bonchev–Trinajstić information content (AvgIpc) is 2.16. The van der Waals surface area contributed by atoms with Crippen molar-refractivity contribution in [3.63, 3.8) is 0 Å². The molecule has 0 aliphatic heterocycles. The molecular weight excluding hydrogens is 154 g/mol. The second kappa shape index (κ2) is 4.38. The maximum absolute atomic E-state index is 8.32. The summed E-state index contributed by atoms with van der Waals surface area (Å²) in [7, 11) is 0. The van der Waals surface area contributed by atoms with Gasteiger partial charge in [-0.3, -0.25) is 0 Å². The number of hydrogen-bond acceptors (Lipinski definition) is 3. The summed E-state index contributed by atoms with van der Waals surface area (Å²) in [6.45, 7) is 2.02. The maximum Gasteiger partial charge on any atom is 0.129 e. The highest BCUT2D eigenvalue weighted by Gasteiger charge is 1.93. The van der Waals surface area contributed by atoms with Gasteiger partial charge in [-0.1, -0.05) is 23.4 Å². The Kier molecular flexibility index (Phi) is 3.14. The van der Waals surface area contributed by atoms with E-state index in [1.165, 1.54) is 0 Å². The molecule has 0 aliphatic carbocycles. The van der Waals surface area contributed by atoms with Gasteiger partial charge in [0.05, 0.1) is 5.71 Å². The summed E-state index contributed by atoms with van der Waals surface area (Å²) in [4.78, 5) is 0. The van der Waals surface area contributed by atoms with Crippen molar-refractivity contribution in [2.75, 3.05) is 6.61 Å². The van der Waals surface area contributed by atoms with Crippen LogP contribution in [0, 0.1) is 0 Å². The van der Waals surface area contributed by atoms with Crippen LogP contribution < -0.4 is 4.74 Å². The van der Waals surface area contributed by atoms with Gasteiger partial charge in [-0.25, -0.2) is 0 Å². The van der Waals surface area contributed by atoms with E-state index in [2.05, 4.69) is 5.16 Å². The van der Waals surface area contributed by atoms with Crippen LogP contribution in [0.2, 0.25) is 0 Å². The molecule has 1 aromatic carbocycles. The SMILES string of the molecule is C/C(COc1ccccc1)=N\O. The Hall–Kier alpha value is -1.51. The largest absolute Gasteiger partial charge is 0.488 e. The van der Waals surface area contributed by atoms with Crippen molar-refractivity contribution < 1.29 is 9.94 Å². The zero-order valence-electron chi connectivity index (χ0n) is 6.90. The summed E-state index contributed by atoms with van der Waals surface area (Å²) in [6.07, 6.45) is 0. The average molecular weight is 165 g/mol. The van der Waals surface area contributed by atoms with E-state index in [0.717, 1.165) is 5.75 Å². The van der Waals surface area contributed by atoms with Crippen LogP contribution in [0.3, 0.4) is 0 Å². The Morgan fingerprint density at radius 1 is 1.42 bits per heavy atom. The molecule has 0 saturated carbocycles. The minimum absolute atomic E-state index is 0.320. The predicted molar refractivity (Wildman–Crippen MR) is 46.8 cm³/mol. The molecule has 1 aromatic rings. The Morgan fingerprint density at radius 3 is 2.67 bits per heavy atom.